The largest absolute Gasteiger partial charge is 0.463 e. The highest BCUT2D eigenvalue weighted by Crippen LogP contribution is 2.40. The molecule has 0 saturated heterocycles. The molecule has 1 rings (SSSR count). The number of benzene rings is 1. The van der Waals surface area contributed by atoms with Crippen LogP contribution in [0.4, 0.5) is 13.2 Å². The Kier molecular flexibility index (Phi) is 7.32. The molecule has 0 heterocycles. The van der Waals surface area contributed by atoms with E-state index in [1.54, 1.807) is 6.92 Å². The van der Waals surface area contributed by atoms with Gasteiger partial charge in [-0.15, -0.1) is 0 Å². The van der Waals surface area contributed by atoms with Crippen molar-refractivity contribution in [2.24, 2.45) is 0 Å². The Morgan fingerprint density at radius 2 is 1.63 bits per heavy atom. The lowest BCUT2D eigenvalue weighted by Gasteiger charge is -2.39. The minimum Gasteiger partial charge on any atom is -0.463 e. The topological polar surface area (TPSA) is 26.3 Å². The SMILES string of the molecule is C=C(Cc1ccc(C([Si](C)(C)C)[Si](C)(C)C)cc1C(F)(F)F)C(=O)OCC. The maximum atomic E-state index is 13.8. The number of hydrogen-bond acceptors (Lipinski definition) is 2. The molecule has 1 aromatic carbocycles. The summed E-state index contributed by atoms with van der Waals surface area (Å²) < 4.78 is 46.1. The molecule has 27 heavy (non-hydrogen) atoms. The van der Waals surface area contributed by atoms with Crippen molar-refractivity contribution in [1.29, 1.82) is 0 Å². The van der Waals surface area contributed by atoms with E-state index in [4.69, 9.17) is 4.74 Å². The fourth-order valence-corrected chi connectivity index (χ4v) is 16.8. The van der Waals surface area contributed by atoms with E-state index in [9.17, 15) is 18.0 Å². The predicted octanol–water partition coefficient (Wildman–Crippen LogP) is 6.21. The summed E-state index contributed by atoms with van der Waals surface area (Å²) in [5, 5.41) is 0.202. The molecular formula is C20H31F3O2Si2. The zero-order valence-corrected chi connectivity index (χ0v) is 19.4. The summed E-state index contributed by atoms with van der Waals surface area (Å²) in [5.74, 6) is -0.656. The van der Waals surface area contributed by atoms with Crippen LogP contribution in [-0.4, -0.2) is 28.7 Å². The molecule has 0 radical (unpaired) electrons. The Labute approximate surface area is 162 Å². The fourth-order valence-electron chi connectivity index (χ4n) is 4.03. The Morgan fingerprint density at radius 3 is 2.04 bits per heavy atom. The first-order valence-corrected chi connectivity index (χ1v) is 16.3. The number of alkyl halides is 3. The van der Waals surface area contributed by atoms with Gasteiger partial charge < -0.3 is 4.74 Å². The monoisotopic (exact) mass is 416 g/mol. The van der Waals surface area contributed by atoms with Gasteiger partial charge in [0.05, 0.1) is 12.2 Å². The summed E-state index contributed by atoms with van der Waals surface area (Å²) in [6.07, 6.45) is -4.65. The highest BCUT2D eigenvalue weighted by molar-refractivity contribution is 6.96. The van der Waals surface area contributed by atoms with Gasteiger partial charge in [-0.2, -0.15) is 13.2 Å². The van der Waals surface area contributed by atoms with Crippen LogP contribution in [0.5, 0.6) is 0 Å². The number of rotatable bonds is 7. The van der Waals surface area contributed by atoms with Crippen molar-refractivity contribution in [2.75, 3.05) is 6.61 Å². The zero-order chi connectivity index (χ0) is 21.2. The van der Waals surface area contributed by atoms with Gasteiger partial charge in [0, 0.05) is 28.1 Å². The van der Waals surface area contributed by atoms with Gasteiger partial charge in [0.1, 0.15) is 0 Å². The second-order valence-corrected chi connectivity index (χ2v) is 20.3. The highest BCUT2D eigenvalue weighted by Gasteiger charge is 2.41. The maximum absolute atomic E-state index is 13.8. The third kappa shape index (κ3) is 6.35. The van der Waals surface area contributed by atoms with Crippen molar-refractivity contribution in [3.63, 3.8) is 0 Å². The number of esters is 1. The molecule has 0 amide bonds. The van der Waals surface area contributed by atoms with Gasteiger partial charge in [-0.05, 0) is 29.3 Å². The van der Waals surface area contributed by atoms with E-state index in [0.29, 0.717) is 0 Å². The Hall–Kier alpha value is -1.35. The summed E-state index contributed by atoms with van der Waals surface area (Å²) in [4.78, 5) is 11.8. The Balaban J connectivity index is 3.43. The normalized spacial score (nSPS) is 13.0. The highest BCUT2D eigenvalue weighted by atomic mass is 28.4. The molecule has 0 saturated carbocycles. The fraction of sp³-hybridized carbons (Fsp3) is 0.550. The summed E-state index contributed by atoms with van der Waals surface area (Å²) in [6, 6.07) is 4.62. The minimum absolute atomic E-state index is 0.0297. The van der Waals surface area contributed by atoms with Gasteiger partial charge in [-0.1, -0.05) is 58.0 Å². The van der Waals surface area contributed by atoms with Crippen molar-refractivity contribution in [1.82, 2.24) is 0 Å². The maximum Gasteiger partial charge on any atom is 0.416 e. The molecule has 0 aliphatic carbocycles. The summed E-state index contributed by atoms with van der Waals surface area (Å²) in [5.41, 5.74) is 0.189. The van der Waals surface area contributed by atoms with Crippen LogP contribution in [0.2, 0.25) is 39.3 Å². The van der Waals surface area contributed by atoms with Gasteiger partial charge in [-0.25, -0.2) is 4.79 Å². The zero-order valence-electron chi connectivity index (χ0n) is 17.4. The molecule has 0 aromatic heterocycles. The first-order chi connectivity index (χ1) is 12.1. The molecule has 0 fully saturated rings. The number of hydrogen-bond donors (Lipinski definition) is 0. The van der Waals surface area contributed by atoms with Crippen LogP contribution in [0.25, 0.3) is 0 Å². The molecule has 0 atom stereocenters. The number of carbonyl (C=O) groups is 1. The summed E-state index contributed by atoms with van der Waals surface area (Å²) in [7, 11) is -3.44. The van der Waals surface area contributed by atoms with Crippen molar-refractivity contribution < 1.29 is 22.7 Å². The summed E-state index contributed by atoms with van der Waals surface area (Å²) >= 11 is 0. The average Bonchev–Trinajstić information content (AvgIpc) is 2.44. The van der Waals surface area contributed by atoms with Gasteiger partial charge in [0.2, 0.25) is 0 Å². The quantitative estimate of drug-likeness (QED) is 0.300. The molecule has 1 aromatic rings. The van der Waals surface area contributed by atoms with Crippen molar-refractivity contribution in [3.8, 4) is 0 Å². The van der Waals surface area contributed by atoms with E-state index in [0.717, 1.165) is 5.56 Å². The standard InChI is InChI=1S/C20H31F3O2Si2/c1-9-25-18(24)14(2)12-15-10-11-16(13-17(15)20(21,22)23)19(26(3,4)5)27(6,7)8/h10-11,13,19H,2,9,12H2,1,3-8H3. The summed E-state index contributed by atoms with van der Waals surface area (Å²) in [6.45, 7) is 18.7. The lowest BCUT2D eigenvalue weighted by atomic mass is 9.98. The third-order valence-electron chi connectivity index (χ3n) is 4.47. The molecule has 0 aliphatic rings. The van der Waals surface area contributed by atoms with E-state index in [1.165, 1.54) is 12.1 Å². The molecular weight excluding hydrogens is 385 g/mol. The van der Waals surface area contributed by atoms with Crippen LogP contribution in [0.1, 0.15) is 28.8 Å². The minimum atomic E-state index is -4.48. The van der Waals surface area contributed by atoms with Crippen molar-refractivity contribution in [2.45, 2.75) is 64.0 Å². The number of ether oxygens (including phenoxy) is 1. The van der Waals surface area contributed by atoms with Crippen LogP contribution in [0, 0.1) is 0 Å². The smallest absolute Gasteiger partial charge is 0.416 e. The molecule has 0 bridgehead atoms. The molecule has 0 aliphatic heterocycles. The first-order valence-electron chi connectivity index (χ1n) is 9.14. The van der Waals surface area contributed by atoms with E-state index in [2.05, 4.69) is 45.9 Å². The van der Waals surface area contributed by atoms with Crippen molar-refractivity contribution >= 4 is 22.1 Å². The molecule has 0 spiro atoms. The van der Waals surface area contributed by atoms with Crippen molar-refractivity contribution in [3.05, 3.63) is 47.0 Å². The molecule has 152 valence electrons. The lowest BCUT2D eigenvalue weighted by molar-refractivity contribution is -0.140. The average molecular weight is 417 g/mol. The molecule has 0 N–H and O–H groups in total. The molecule has 0 unspecified atom stereocenters. The van der Waals surface area contributed by atoms with Crippen LogP contribution in [-0.2, 0) is 22.1 Å². The van der Waals surface area contributed by atoms with E-state index >= 15 is 0 Å². The number of halogens is 3. The van der Waals surface area contributed by atoms with Gasteiger partial charge >= 0.3 is 12.1 Å². The van der Waals surface area contributed by atoms with Crippen LogP contribution in [0.3, 0.4) is 0 Å². The van der Waals surface area contributed by atoms with Crippen LogP contribution < -0.4 is 0 Å². The first kappa shape index (κ1) is 23.7. The van der Waals surface area contributed by atoms with E-state index < -0.39 is 33.9 Å². The number of carbonyl (C=O) groups excluding carboxylic acids is 1. The molecule has 2 nitrogen and oxygen atoms in total. The second kappa shape index (κ2) is 8.35. The van der Waals surface area contributed by atoms with Crippen LogP contribution in [0.15, 0.2) is 30.4 Å². The second-order valence-electron chi connectivity index (χ2n) is 9.08. The Morgan fingerprint density at radius 1 is 1.11 bits per heavy atom. The van der Waals surface area contributed by atoms with E-state index in [1.807, 2.05) is 6.07 Å². The van der Waals surface area contributed by atoms with Crippen LogP contribution >= 0.6 is 0 Å². The van der Waals surface area contributed by atoms with E-state index in [-0.39, 0.29) is 29.3 Å². The molecule has 7 heteroatoms. The van der Waals surface area contributed by atoms with Gasteiger partial charge in [0.15, 0.2) is 0 Å². The predicted molar refractivity (Wildman–Crippen MR) is 110 cm³/mol. The third-order valence-corrected chi connectivity index (χ3v) is 13.8. The van der Waals surface area contributed by atoms with Gasteiger partial charge in [-0.3, -0.25) is 0 Å². The Bertz CT molecular complexity index is 685. The lowest BCUT2D eigenvalue weighted by Crippen LogP contribution is -2.46. The van der Waals surface area contributed by atoms with Gasteiger partial charge in [0.25, 0.3) is 0 Å².